The first kappa shape index (κ1) is 21.1. The molecular weight excluding hydrogens is 417 g/mol. The highest BCUT2D eigenvalue weighted by Gasteiger charge is 2.39. The predicted octanol–water partition coefficient (Wildman–Crippen LogP) is 5.93. The molecule has 1 aliphatic carbocycles. The van der Waals surface area contributed by atoms with Gasteiger partial charge in [-0.25, -0.2) is 4.39 Å². The Morgan fingerprint density at radius 3 is 2.45 bits per heavy atom. The molecule has 5 rings (SSSR count). The van der Waals surface area contributed by atoms with E-state index in [0.717, 1.165) is 16.9 Å². The van der Waals surface area contributed by atoms with Crippen molar-refractivity contribution in [1.82, 2.24) is 0 Å². The lowest BCUT2D eigenvalue weighted by molar-refractivity contribution is -0.119. The molecule has 0 spiro atoms. The summed E-state index contributed by atoms with van der Waals surface area (Å²) < 4.78 is 19.7. The molecule has 0 saturated carbocycles. The number of rotatable bonds is 5. The van der Waals surface area contributed by atoms with Crippen LogP contribution in [0.2, 0.25) is 0 Å². The zero-order valence-electron chi connectivity index (χ0n) is 18.2. The van der Waals surface area contributed by atoms with E-state index >= 15 is 0 Å². The molecular formula is C28H24FNO3. The Morgan fingerprint density at radius 1 is 0.909 bits per heavy atom. The smallest absolute Gasteiger partial charge is 0.232 e. The number of Topliss-reactive ketones (excluding diaryl/α,β-unsaturated/α-hetero) is 1. The van der Waals surface area contributed by atoms with Gasteiger partial charge in [0.15, 0.2) is 5.78 Å². The fourth-order valence-electron chi connectivity index (χ4n) is 4.73. The lowest BCUT2D eigenvalue weighted by atomic mass is 9.77. The molecule has 0 fully saturated rings. The minimum Gasteiger partial charge on any atom is -0.489 e. The van der Waals surface area contributed by atoms with Crippen LogP contribution in [0.3, 0.4) is 0 Å². The number of benzene rings is 3. The van der Waals surface area contributed by atoms with Crippen LogP contribution in [0.1, 0.15) is 42.7 Å². The predicted molar refractivity (Wildman–Crippen MR) is 124 cm³/mol. The van der Waals surface area contributed by atoms with Crippen molar-refractivity contribution in [3.05, 3.63) is 107 Å². The van der Waals surface area contributed by atoms with E-state index in [-0.39, 0.29) is 24.0 Å². The quantitative estimate of drug-likeness (QED) is 0.493. The number of nitrogens with zero attached hydrogens (tertiary/aromatic N) is 1. The molecule has 33 heavy (non-hydrogen) atoms. The summed E-state index contributed by atoms with van der Waals surface area (Å²) in [5.74, 6) is -0.0237. The lowest BCUT2D eigenvalue weighted by Gasteiger charge is -2.38. The molecule has 2 aliphatic rings. The number of amides is 1. The standard InChI is InChI=1S/C28H24FNO3/c29-21-8-4-9-22(16-21)30-25-10-5-11-26(31)28(25)24(17-27(30)32)20-12-14-23(15-13-20)33-18-19-6-2-1-3-7-19/h1-4,6-9,12-16,24H,5,10-11,17-18H2. The molecule has 3 aromatic carbocycles. The fourth-order valence-corrected chi connectivity index (χ4v) is 4.73. The number of carbonyl (C=O) groups is 2. The molecule has 4 nitrogen and oxygen atoms in total. The number of carbonyl (C=O) groups excluding carboxylic acids is 2. The van der Waals surface area contributed by atoms with Crippen LogP contribution in [0.25, 0.3) is 0 Å². The first-order valence-electron chi connectivity index (χ1n) is 11.2. The topological polar surface area (TPSA) is 46.6 Å². The molecule has 3 aromatic rings. The highest BCUT2D eigenvalue weighted by Crippen LogP contribution is 2.43. The molecule has 0 aromatic heterocycles. The van der Waals surface area contributed by atoms with E-state index in [9.17, 15) is 14.0 Å². The molecule has 166 valence electrons. The van der Waals surface area contributed by atoms with Gasteiger partial charge >= 0.3 is 0 Å². The number of anilines is 1. The molecule has 5 heteroatoms. The summed E-state index contributed by atoms with van der Waals surface area (Å²) in [6, 6.07) is 23.6. The average Bonchev–Trinajstić information content (AvgIpc) is 2.83. The van der Waals surface area contributed by atoms with Crippen molar-refractivity contribution in [1.29, 1.82) is 0 Å². The second kappa shape index (κ2) is 9.02. The summed E-state index contributed by atoms with van der Waals surface area (Å²) in [6.07, 6.45) is 1.96. The maximum Gasteiger partial charge on any atom is 0.232 e. The van der Waals surface area contributed by atoms with Gasteiger partial charge in [-0.15, -0.1) is 0 Å². The first-order chi connectivity index (χ1) is 16.1. The van der Waals surface area contributed by atoms with Crippen LogP contribution in [-0.2, 0) is 16.2 Å². The van der Waals surface area contributed by atoms with Crippen molar-refractivity contribution in [3.8, 4) is 5.75 Å². The summed E-state index contributed by atoms with van der Waals surface area (Å²) in [5.41, 5.74) is 3.87. The van der Waals surface area contributed by atoms with Crippen LogP contribution in [0, 0.1) is 5.82 Å². The number of hydrogen-bond acceptors (Lipinski definition) is 3. The van der Waals surface area contributed by atoms with Crippen molar-refractivity contribution in [3.63, 3.8) is 0 Å². The van der Waals surface area contributed by atoms with Gasteiger partial charge in [0.25, 0.3) is 0 Å². The van der Waals surface area contributed by atoms with Crippen molar-refractivity contribution in [2.75, 3.05) is 4.90 Å². The van der Waals surface area contributed by atoms with E-state index in [2.05, 4.69) is 0 Å². The Kier molecular flexibility index (Phi) is 5.78. The third-order valence-corrected chi connectivity index (χ3v) is 6.27. The molecule has 1 heterocycles. The average molecular weight is 442 g/mol. The molecule has 0 radical (unpaired) electrons. The Labute approximate surface area is 192 Å². The second-order valence-electron chi connectivity index (χ2n) is 8.45. The van der Waals surface area contributed by atoms with E-state index in [1.54, 1.807) is 17.0 Å². The molecule has 0 N–H and O–H groups in total. The minimum absolute atomic E-state index is 0.0690. The van der Waals surface area contributed by atoms with Crippen molar-refractivity contribution in [2.45, 2.75) is 38.2 Å². The maximum atomic E-state index is 13.9. The minimum atomic E-state index is -0.405. The Bertz CT molecular complexity index is 1220. The van der Waals surface area contributed by atoms with Gasteiger partial charge in [0.2, 0.25) is 5.91 Å². The van der Waals surface area contributed by atoms with E-state index in [1.165, 1.54) is 12.1 Å². The summed E-state index contributed by atoms with van der Waals surface area (Å²) in [5, 5.41) is 0. The van der Waals surface area contributed by atoms with Crippen LogP contribution in [0.15, 0.2) is 90.1 Å². The number of halogens is 1. The number of hydrogen-bond donors (Lipinski definition) is 0. The summed E-state index contributed by atoms with van der Waals surface area (Å²) in [6.45, 7) is 0.471. The van der Waals surface area contributed by atoms with E-state index in [0.29, 0.717) is 42.8 Å². The SMILES string of the molecule is O=C1CCCC2=C1C(c1ccc(OCc3ccccc3)cc1)CC(=O)N2c1cccc(F)c1. The second-order valence-corrected chi connectivity index (χ2v) is 8.45. The highest BCUT2D eigenvalue weighted by atomic mass is 19.1. The van der Waals surface area contributed by atoms with Crippen molar-refractivity contribution in [2.24, 2.45) is 0 Å². The molecule has 1 unspecified atom stereocenters. The molecule has 1 amide bonds. The van der Waals surface area contributed by atoms with Crippen LogP contribution in [0.5, 0.6) is 5.75 Å². The molecule has 1 atom stereocenters. The van der Waals surface area contributed by atoms with Crippen LogP contribution < -0.4 is 9.64 Å². The maximum absolute atomic E-state index is 13.9. The number of ketones is 1. The summed E-state index contributed by atoms with van der Waals surface area (Å²) >= 11 is 0. The van der Waals surface area contributed by atoms with E-state index in [1.807, 2.05) is 54.6 Å². The Balaban J connectivity index is 1.44. The Hall–Kier alpha value is -3.73. The number of ether oxygens (including phenoxy) is 1. The Morgan fingerprint density at radius 2 is 1.70 bits per heavy atom. The molecule has 0 bridgehead atoms. The molecule has 1 aliphatic heterocycles. The third kappa shape index (κ3) is 4.31. The summed E-state index contributed by atoms with van der Waals surface area (Å²) in [7, 11) is 0. The van der Waals surface area contributed by atoms with Crippen molar-refractivity contribution < 1.29 is 18.7 Å². The fraction of sp³-hybridized carbons (Fsp3) is 0.214. The van der Waals surface area contributed by atoms with E-state index < -0.39 is 5.82 Å². The zero-order chi connectivity index (χ0) is 22.8. The zero-order valence-corrected chi connectivity index (χ0v) is 18.2. The van der Waals surface area contributed by atoms with Crippen LogP contribution >= 0.6 is 0 Å². The first-order valence-corrected chi connectivity index (χ1v) is 11.2. The van der Waals surface area contributed by atoms with Gasteiger partial charge in [0.1, 0.15) is 18.2 Å². The largest absolute Gasteiger partial charge is 0.489 e. The lowest BCUT2D eigenvalue weighted by Crippen LogP contribution is -2.40. The number of allylic oxidation sites excluding steroid dienone is 2. The van der Waals surface area contributed by atoms with Gasteiger partial charge in [-0.3, -0.25) is 14.5 Å². The van der Waals surface area contributed by atoms with Crippen LogP contribution in [-0.4, -0.2) is 11.7 Å². The highest BCUT2D eigenvalue weighted by molar-refractivity contribution is 6.07. The van der Waals surface area contributed by atoms with E-state index in [4.69, 9.17) is 4.74 Å². The van der Waals surface area contributed by atoms with Gasteiger partial charge in [0.05, 0.1) is 5.69 Å². The van der Waals surface area contributed by atoms with Gasteiger partial charge in [0, 0.05) is 30.0 Å². The summed E-state index contributed by atoms with van der Waals surface area (Å²) in [4.78, 5) is 27.8. The van der Waals surface area contributed by atoms with Gasteiger partial charge in [-0.05, 0) is 54.3 Å². The van der Waals surface area contributed by atoms with Crippen molar-refractivity contribution >= 4 is 17.4 Å². The van der Waals surface area contributed by atoms with Gasteiger partial charge in [-0.2, -0.15) is 0 Å². The molecule has 0 saturated heterocycles. The van der Waals surface area contributed by atoms with Crippen LogP contribution in [0.4, 0.5) is 10.1 Å². The van der Waals surface area contributed by atoms with Gasteiger partial charge < -0.3 is 4.74 Å². The normalized spacial score (nSPS) is 18.3. The third-order valence-electron chi connectivity index (χ3n) is 6.27. The monoisotopic (exact) mass is 441 g/mol. The van der Waals surface area contributed by atoms with Gasteiger partial charge in [-0.1, -0.05) is 48.5 Å².